The number of hydrogen-bond acceptors (Lipinski definition) is 3. The van der Waals surface area contributed by atoms with Crippen molar-refractivity contribution in [2.24, 2.45) is 11.8 Å². The Labute approximate surface area is 68.5 Å². The van der Waals surface area contributed by atoms with Gasteiger partial charge in [0.25, 0.3) is 0 Å². The lowest BCUT2D eigenvalue weighted by Gasteiger charge is -2.22. The van der Waals surface area contributed by atoms with E-state index in [0.717, 1.165) is 12.5 Å². The maximum Gasteiger partial charge on any atom is 0.0806 e. The van der Waals surface area contributed by atoms with Crippen LogP contribution >= 0.6 is 0 Å². The fourth-order valence-electron chi connectivity index (χ4n) is 1.66. The van der Waals surface area contributed by atoms with E-state index in [1.165, 1.54) is 13.0 Å². The van der Waals surface area contributed by atoms with Crippen LogP contribution in [-0.2, 0) is 4.84 Å². The number of hydrogen-bond donors (Lipinski definition) is 1. The summed E-state index contributed by atoms with van der Waals surface area (Å²) in [5, 5.41) is 0. The van der Waals surface area contributed by atoms with Crippen LogP contribution in [0.2, 0.25) is 0 Å². The molecular weight excluding hydrogens is 140 g/mol. The molecule has 0 aromatic heterocycles. The Balaban J connectivity index is 2.24. The van der Waals surface area contributed by atoms with Crippen LogP contribution in [0.4, 0.5) is 0 Å². The van der Waals surface area contributed by atoms with E-state index in [9.17, 15) is 0 Å². The first kappa shape index (κ1) is 8.97. The summed E-state index contributed by atoms with van der Waals surface area (Å²) >= 11 is 0. The lowest BCUT2D eigenvalue weighted by Crippen LogP contribution is -2.32. The molecule has 0 amide bonds. The monoisotopic (exact) mass is 158 g/mol. The predicted molar refractivity (Wildman–Crippen MR) is 45.0 cm³/mol. The van der Waals surface area contributed by atoms with Gasteiger partial charge in [-0.2, -0.15) is 0 Å². The highest BCUT2D eigenvalue weighted by atomic mass is 16.6. The molecule has 0 aromatic carbocycles. The van der Waals surface area contributed by atoms with Gasteiger partial charge in [0.2, 0.25) is 0 Å². The molecule has 1 aliphatic rings. The molecule has 2 N–H and O–H groups in total. The molecule has 0 aromatic rings. The first-order valence-electron chi connectivity index (χ1n) is 4.31. The summed E-state index contributed by atoms with van der Waals surface area (Å²) in [6, 6.07) is 0.699. The molecular formula is C8H18N2O. The van der Waals surface area contributed by atoms with Crippen LogP contribution in [0.15, 0.2) is 0 Å². The molecule has 2 atom stereocenters. The van der Waals surface area contributed by atoms with E-state index < -0.39 is 0 Å². The zero-order valence-corrected chi connectivity index (χ0v) is 7.42. The van der Waals surface area contributed by atoms with Crippen molar-refractivity contribution in [2.45, 2.75) is 26.3 Å². The van der Waals surface area contributed by atoms with Crippen molar-refractivity contribution in [3.63, 3.8) is 0 Å². The van der Waals surface area contributed by atoms with Crippen molar-refractivity contribution in [3.05, 3.63) is 0 Å². The molecule has 0 spiro atoms. The van der Waals surface area contributed by atoms with Gasteiger partial charge in [0.15, 0.2) is 0 Å². The van der Waals surface area contributed by atoms with Crippen LogP contribution < -0.4 is 5.90 Å². The minimum absolute atomic E-state index is 0.650. The second kappa shape index (κ2) is 4.04. The van der Waals surface area contributed by atoms with E-state index in [4.69, 9.17) is 5.90 Å². The van der Waals surface area contributed by atoms with Crippen molar-refractivity contribution >= 4 is 0 Å². The molecule has 0 saturated carbocycles. The molecule has 0 bridgehead atoms. The molecule has 1 aliphatic heterocycles. The van der Waals surface area contributed by atoms with E-state index in [0.29, 0.717) is 12.6 Å². The molecule has 1 saturated heterocycles. The molecule has 1 rings (SSSR count). The van der Waals surface area contributed by atoms with Crippen molar-refractivity contribution < 1.29 is 4.84 Å². The highest BCUT2D eigenvalue weighted by Crippen LogP contribution is 2.22. The van der Waals surface area contributed by atoms with E-state index in [2.05, 4.69) is 23.6 Å². The van der Waals surface area contributed by atoms with Crippen LogP contribution in [0.5, 0.6) is 0 Å². The van der Waals surface area contributed by atoms with Crippen molar-refractivity contribution in [1.82, 2.24) is 4.90 Å². The largest absolute Gasteiger partial charge is 0.303 e. The van der Waals surface area contributed by atoms with E-state index in [-0.39, 0.29) is 0 Å². The molecule has 3 heteroatoms. The van der Waals surface area contributed by atoms with Gasteiger partial charge in [0.1, 0.15) is 0 Å². The smallest absolute Gasteiger partial charge is 0.0806 e. The Bertz CT molecular complexity index is 119. The summed E-state index contributed by atoms with van der Waals surface area (Å²) in [5.41, 5.74) is 0. The third kappa shape index (κ3) is 2.15. The highest BCUT2D eigenvalue weighted by molar-refractivity contribution is 4.80. The average molecular weight is 158 g/mol. The molecule has 1 heterocycles. The van der Waals surface area contributed by atoms with Gasteiger partial charge < -0.3 is 4.84 Å². The summed E-state index contributed by atoms with van der Waals surface area (Å²) in [4.78, 5) is 6.97. The van der Waals surface area contributed by atoms with E-state index >= 15 is 0 Å². The fraction of sp³-hybridized carbons (Fsp3) is 1.00. The first-order valence-corrected chi connectivity index (χ1v) is 4.31. The fourth-order valence-corrected chi connectivity index (χ4v) is 1.66. The lowest BCUT2D eigenvalue weighted by atomic mass is 10.1. The molecule has 66 valence electrons. The summed E-state index contributed by atoms with van der Waals surface area (Å²) in [6.45, 7) is 7.40. The van der Waals surface area contributed by atoms with Gasteiger partial charge in [-0.15, -0.1) is 0 Å². The minimum atomic E-state index is 0.650. The number of nitrogens with two attached hydrogens (primary N) is 1. The quantitative estimate of drug-likeness (QED) is 0.611. The maximum absolute atomic E-state index is 4.96. The van der Waals surface area contributed by atoms with Gasteiger partial charge in [0, 0.05) is 12.6 Å². The highest BCUT2D eigenvalue weighted by Gasteiger charge is 2.26. The number of rotatable bonds is 3. The van der Waals surface area contributed by atoms with Gasteiger partial charge in [0.05, 0.1) is 6.61 Å². The Kier molecular flexibility index (Phi) is 3.30. The molecule has 2 unspecified atom stereocenters. The van der Waals surface area contributed by atoms with Crippen LogP contribution in [0, 0.1) is 5.92 Å². The number of nitrogens with zero attached hydrogens (tertiary/aromatic N) is 1. The van der Waals surface area contributed by atoms with E-state index in [1.807, 2.05) is 0 Å². The summed E-state index contributed by atoms with van der Waals surface area (Å²) < 4.78 is 0. The second-order valence-electron chi connectivity index (χ2n) is 3.41. The predicted octanol–water partition coefficient (Wildman–Crippen LogP) is 0.607. The van der Waals surface area contributed by atoms with Crippen LogP contribution in [-0.4, -0.2) is 30.6 Å². The number of likely N-dealkylation sites (tertiary alicyclic amines) is 1. The van der Waals surface area contributed by atoms with Crippen LogP contribution in [0.3, 0.4) is 0 Å². The third-order valence-corrected chi connectivity index (χ3v) is 2.77. The summed E-state index contributed by atoms with van der Waals surface area (Å²) in [5.74, 6) is 5.79. The molecule has 3 nitrogen and oxygen atoms in total. The molecule has 0 radical (unpaired) electrons. The van der Waals surface area contributed by atoms with Gasteiger partial charge in [-0.3, -0.25) is 4.90 Å². The van der Waals surface area contributed by atoms with Crippen LogP contribution in [0.25, 0.3) is 0 Å². The standard InChI is InChI=1S/C8H18N2O/c1-7-3-4-10(8(7)2)5-6-11-9/h7-8H,3-6,9H2,1-2H3. The van der Waals surface area contributed by atoms with Crippen LogP contribution in [0.1, 0.15) is 20.3 Å². The summed E-state index contributed by atoms with van der Waals surface area (Å²) in [6.07, 6.45) is 1.31. The van der Waals surface area contributed by atoms with Crippen molar-refractivity contribution in [1.29, 1.82) is 0 Å². The zero-order valence-electron chi connectivity index (χ0n) is 7.42. The van der Waals surface area contributed by atoms with E-state index in [1.54, 1.807) is 0 Å². The second-order valence-corrected chi connectivity index (χ2v) is 3.41. The topological polar surface area (TPSA) is 38.5 Å². The van der Waals surface area contributed by atoms with Crippen molar-refractivity contribution in [3.8, 4) is 0 Å². The lowest BCUT2D eigenvalue weighted by molar-refractivity contribution is 0.101. The first-order chi connectivity index (χ1) is 5.25. The summed E-state index contributed by atoms with van der Waals surface area (Å²) in [7, 11) is 0. The Morgan fingerprint density at radius 3 is 2.73 bits per heavy atom. The zero-order chi connectivity index (χ0) is 8.27. The Hall–Kier alpha value is -0.120. The minimum Gasteiger partial charge on any atom is -0.303 e. The molecule has 11 heavy (non-hydrogen) atoms. The molecule has 0 aliphatic carbocycles. The van der Waals surface area contributed by atoms with Gasteiger partial charge in [-0.25, -0.2) is 5.90 Å². The van der Waals surface area contributed by atoms with Gasteiger partial charge in [-0.05, 0) is 25.8 Å². The molecule has 1 fully saturated rings. The Morgan fingerprint density at radius 2 is 2.27 bits per heavy atom. The average Bonchev–Trinajstić information content (AvgIpc) is 2.31. The van der Waals surface area contributed by atoms with Crippen molar-refractivity contribution in [2.75, 3.05) is 19.7 Å². The van der Waals surface area contributed by atoms with Gasteiger partial charge in [-0.1, -0.05) is 6.92 Å². The SMILES string of the molecule is CC1CCN(CCON)C1C. The third-order valence-electron chi connectivity index (χ3n) is 2.77. The van der Waals surface area contributed by atoms with Gasteiger partial charge >= 0.3 is 0 Å². The normalized spacial score (nSPS) is 33.0. The Morgan fingerprint density at radius 1 is 1.55 bits per heavy atom. The maximum atomic E-state index is 4.96.